The Morgan fingerprint density at radius 3 is 1.36 bits per heavy atom. The van der Waals surface area contributed by atoms with Gasteiger partial charge in [-0.25, -0.2) is 0 Å². The lowest BCUT2D eigenvalue weighted by Crippen LogP contribution is -1.93. The van der Waals surface area contributed by atoms with Crippen molar-refractivity contribution in [2.45, 2.75) is 0 Å². The Morgan fingerprint density at radius 2 is 0.724 bits per heavy atom. The molecular weight excluding hydrogens is 719 g/mol. The van der Waals surface area contributed by atoms with Gasteiger partial charge in [-0.2, -0.15) is 0 Å². The highest BCUT2D eigenvalue weighted by atomic mass is 32.1. The molecule has 0 saturated carbocycles. The van der Waals surface area contributed by atoms with Crippen molar-refractivity contribution < 1.29 is 0 Å². The lowest BCUT2D eigenvalue weighted by Gasteiger charge is -2.18. The molecule has 13 aromatic rings. The van der Waals surface area contributed by atoms with Gasteiger partial charge >= 0.3 is 0 Å². The quantitative estimate of drug-likeness (QED) is 0.125. The van der Waals surface area contributed by atoms with Crippen LogP contribution in [0, 0.1) is 0 Å². The van der Waals surface area contributed by atoms with Crippen molar-refractivity contribution in [2.24, 2.45) is 0 Å². The van der Waals surface area contributed by atoms with Crippen LogP contribution in [0.1, 0.15) is 0 Å². The van der Waals surface area contributed by atoms with Gasteiger partial charge in [0, 0.05) is 36.6 Å². The van der Waals surface area contributed by atoms with Gasteiger partial charge < -0.3 is 4.57 Å². The Hall–Kier alpha value is -7.26. The Labute approximate surface area is 338 Å². The molecule has 0 fully saturated rings. The van der Waals surface area contributed by atoms with Gasteiger partial charge in [-0.3, -0.25) is 0 Å². The van der Waals surface area contributed by atoms with E-state index < -0.39 is 0 Å². The summed E-state index contributed by atoms with van der Waals surface area (Å²) in [5, 5.41) is 18.2. The summed E-state index contributed by atoms with van der Waals surface area (Å²) in [4.78, 5) is 0. The summed E-state index contributed by atoms with van der Waals surface area (Å²) < 4.78 is 5.04. The molecule has 0 atom stereocenters. The maximum atomic E-state index is 2.48. The molecule has 13 rings (SSSR count). The highest BCUT2D eigenvalue weighted by Crippen LogP contribution is 2.48. The van der Waals surface area contributed by atoms with Crippen molar-refractivity contribution in [1.29, 1.82) is 0 Å². The first kappa shape index (κ1) is 31.9. The summed E-state index contributed by atoms with van der Waals surface area (Å²) in [7, 11) is 0. The zero-order valence-corrected chi connectivity index (χ0v) is 32.2. The monoisotopic (exact) mass is 751 g/mol. The normalized spacial score (nSPS) is 12.1. The minimum Gasteiger partial charge on any atom is -0.309 e. The maximum absolute atomic E-state index is 2.48. The maximum Gasteiger partial charge on any atom is 0.0541 e. The zero-order chi connectivity index (χ0) is 37.9. The lowest BCUT2D eigenvalue weighted by atomic mass is 9.85. The van der Waals surface area contributed by atoms with Gasteiger partial charge in [0.1, 0.15) is 0 Å². The van der Waals surface area contributed by atoms with E-state index in [1.54, 1.807) is 0 Å². The molecule has 0 unspecified atom stereocenters. The van der Waals surface area contributed by atoms with Crippen LogP contribution >= 0.6 is 11.3 Å². The zero-order valence-electron chi connectivity index (χ0n) is 31.4. The van der Waals surface area contributed by atoms with Crippen LogP contribution in [0.5, 0.6) is 0 Å². The third kappa shape index (κ3) is 4.41. The van der Waals surface area contributed by atoms with Crippen molar-refractivity contribution in [1.82, 2.24) is 4.57 Å². The van der Waals surface area contributed by atoms with Crippen LogP contribution in [0.2, 0.25) is 0 Å². The number of hydrogen-bond donors (Lipinski definition) is 0. The van der Waals surface area contributed by atoms with Gasteiger partial charge in [0.25, 0.3) is 0 Å². The molecule has 58 heavy (non-hydrogen) atoms. The number of hydrogen-bond acceptors (Lipinski definition) is 1. The van der Waals surface area contributed by atoms with E-state index >= 15 is 0 Å². The summed E-state index contributed by atoms with van der Waals surface area (Å²) in [6.07, 6.45) is 0. The third-order valence-corrected chi connectivity index (χ3v) is 13.7. The predicted octanol–water partition coefficient (Wildman–Crippen LogP) is 16.3. The average molecular weight is 752 g/mol. The molecule has 2 heteroatoms. The molecule has 0 radical (unpaired) electrons. The molecule has 0 spiro atoms. The summed E-state index contributed by atoms with van der Waals surface area (Å²) in [6, 6.07) is 74.4. The van der Waals surface area contributed by atoms with Gasteiger partial charge in [-0.15, -0.1) is 11.3 Å². The van der Waals surface area contributed by atoms with Crippen LogP contribution in [0.3, 0.4) is 0 Å². The Balaban J connectivity index is 1.09. The van der Waals surface area contributed by atoms with Gasteiger partial charge in [0.05, 0.1) is 11.0 Å². The molecule has 0 bridgehead atoms. The van der Waals surface area contributed by atoms with Crippen LogP contribution in [-0.4, -0.2) is 4.57 Å². The number of benzene rings is 11. The molecule has 0 aliphatic carbocycles. The van der Waals surface area contributed by atoms with Crippen LogP contribution in [0.4, 0.5) is 0 Å². The van der Waals surface area contributed by atoms with E-state index in [1.165, 1.54) is 124 Å². The summed E-state index contributed by atoms with van der Waals surface area (Å²) >= 11 is 1.90. The van der Waals surface area contributed by atoms with Crippen LogP contribution in [-0.2, 0) is 0 Å². The Morgan fingerprint density at radius 1 is 0.276 bits per heavy atom. The topological polar surface area (TPSA) is 4.93 Å². The molecule has 0 aliphatic rings. The average Bonchev–Trinajstić information content (AvgIpc) is 3.83. The van der Waals surface area contributed by atoms with E-state index in [0.29, 0.717) is 0 Å². The number of fused-ring (bicyclic) bond motifs is 15. The van der Waals surface area contributed by atoms with Crippen molar-refractivity contribution >= 4 is 107 Å². The van der Waals surface area contributed by atoms with Crippen molar-refractivity contribution in [2.75, 3.05) is 0 Å². The lowest BCUT2D eigenvalue weighted by molar-refractivity contribution is 1.18. The standard InChI is InChI=1S/C56H33NS/c1-2-14-36(15-3-1)57-49-25-13-12-19-40(49)47-32-34(26-29-50(47)57)53-42-21-8-10-23-44(42)54(45-24-11-9-22-43(45)53)35-27-30-51-48(33-35)56-52(58-51)31-28-46-39-18-5-4-16-37(39)38-17-6-7-20-41(38)55(46)56/h1-33H. The van der Waals surface area contributed by atoms with E-state index in [2.05, 4.69) is 205 Å². The van der Waals surface area contributed by atoms with Gasteiger partial charge in [0.15, 0.2) is 0 Å². The fourth-order valence-corrected chi connectivity index (χ4v) is 11.2. The molecule has 0 amide bonds. The first-order valence-corrected chi connectivity index (χ1v) is 20.8. The molecule has 0 N–H and O–H groups in total. The highest BCUT2D eigenvalue weighted by molar-refractivity contribution is 7.26. The third-order valence-electron chi connectivity index (χ3n) is 12.5. The minimum atomic E-state index is 1.17. The van der Waals surface area contributed by atoms with Crippen molar-refractivity contribution in [3.05, 3.63) is 200 Å². The molecule has 2 aromatic heterocycles. The highest BCUT2D eigenvalue weighted by Gasteiger charge is 2.21. The second-order valence-corrected chi connectivity index (χ2v) is 16.6. The smallest absolute Gasteiger partial charge is 0.0541 e. The predicted molar refractivity (Wildman–Crippen MR) is 252 cm³/mol. The van der Waals surface area contributed by atoms with E-state index in [0.717, 1.165) is 0 Å². The van der Waals surface area contributed by atoms with Crippen molar-refractivity contribution in [3.8, 4) is 27.9 Å². The van der Waals surface area contributed by atoms with Crippen LogP contribution in [0.25, 0.3) is 124 Å². The van der Waals surface area contributed by atoms with E-state index in [1.807, 2.05) is 11.3 Å². The molecule has 2 heterocycles. The first-order valence-electron chi connectivity index (χ1n) is 20.0. The molecule has 0 saturated heterocycles. The number of nitrogens with zero attached hydrogens (tertiary/aromatic N) is 1. The Kier molecular flexibility index (Phi) is 6.66. The summed E-state index contributed by atoms with van der Waals surface area (Å²) in [5.41, 5.74) is 8.64. The fraction of sp³-hybridized carbons (Fsp3) is 0. The first-order chi connectivity index (χ1) is 28.8. The van der Waals surface area contributed by atoms with E-state index in [4.69, 9.17) is 0 Å². The number of para-hydroxylation sites is 2. The molecule has 11 aromatic carbocycles. The Bertz CT molecular complexity index is 3760. The summed E-state index contributed by atoms with van der Waals surface area (Å²) in [5.74, 6) is 0. The minimum absolute atomic E-state index is 1.17. The molecule has 0 aliphatic heterocycles. The van der Waals surface area contributed by atoms with Gasteiger partial charge in [-0.1, -0.05) is 152 Å². The second-order valence-electron chi connectivity index (χ2n) is 15.5. The second kappa shape index (κ2) is 12.1. The number of rotatable bonds is 3. The number of thiophene rings is 1. The molecule has 1 nitrogen and oxygen atoms in total. The fourth-order valence-electron chi connectivity index (χ4n) is 10.2. The van der Waals surface area contributed by atoms with Gasteiger partial charge in [-0.05, 0) is 125 Å². The SMILES string of the molecule is c1ccc(-n2c3ccccc3c3cc(-c4c5ccccc5c(-c5ccc6sc7ccc8c9ccccc9c9ccccc9c8c7c6c5)c5ccccc45)ccc32)cc1. The molecular formula is C56H33NS. The van der Waals surface area contributed by atoms with Crippen molar-refractivity contribution in [3.63, 3.8) is 0 Å². The summed E-state index contributed by atoms with van der Waals surface area (Å²) in [6.45, 7) is 0. The molecule has 268 valence electrons. The van der Waals surface area contributed by atoms with Gasteiger partial charge in [0.2, 0.25) is 0 Å². The largest absolute Gasteiger partial charge is 0.309 e. The van der Waals surface area contributed by atoms with Crippen LogP contribution < -0.4 is 0 Å². The van der Waals surface area contributed by atoms with E-state index in [9.17, 15) is 0 Å². The van der Waals surface area contributed by atoms with Crippen LogP contribution in [0.15, 0.2) is 200 Å². The number of aromatic nitrogens is 1. The van der Waals surface area contributed by atoms with E-state index in [-0.39, 0.29) is 0 Å².